The molecule has 1 aliphatic carbocycles. The number of nitrogens with two attached hydrogens (primary N) is 1. The first kappa shape index (κ1) is 27.4. The summed E-state index contributed by atoms with van der Waals surface area (Å²) in [6.07, 6.45) is 7.18. The maximum atomic E-state index is 12.7. The SMILES string of the molecule is CCN1C(=O)C(N)CCc2c1ccc(Nc1ncc(Cl)c(N[C@@H]3CCCC[C@H]3NS(C)(=O)=O)n1)c2OC. The van der Waals surface area contributed by atoms with E-state index in [-0.39, 0.29) is 18.0 Å². The van der Waals surface area contributed by atoms with Gasteiger partial charge in [0.1, 0.15) is 10.8 Å². The Balaban J connectivity index is 1.61. The molecule has 1 fully saturated rings. The Morgan fingerprint density at radius 2 is 1.95 bits per heavy atom. The number of hydrogen-bond donors (Lipinski definition) is 4. The molecule has 1 aromatic heterocycles. The molecule has 2 aliphatic rings. The Morgan fingerprint density at radius 1 is 1.22 bits per heavy atom. The average Bonchev–Trinajstić information content (AvgIpc) is 2.97. The van der Waals surface area contributed by atoms with Gasteiger partial charge in [-0.1, -0.05) is 24.4 Å². The number of likely N-dealkylation sites (N-methyl/N-ethyl adjacent to an activating group) is 1. The first-order valence-electron chi connectivity index (χ1n) is 12.4. The highest BCUT2D eigenvalue weighted by Gasteiger charge is 2.30. The number of nitrogens with zero attached hydrogens (tertiary/aromatic N) is 3. The van der Waals surface area contributed by atoms with Crippen LogP contribution in [0.1, 0.15) is 44.6 Å². The summed E-state index contributed by atoms with van der Waals surface area (Å²) in [5, 5.41) is 6.86. The van der Waals surface area contributed by atoms with Gasteiger partial charge in [-0.2, -0.15) is 4.98 Å². The number of anilines is 4. The molecule has 1 unspecified atom stereocenters. The summed E-state index contributed by atoms with van der Waals surface area (Å²) in [5.74, 6) is 1.19. The smallest absolute Gasteiger partial charge is 0.243 e. The third-order valence-corrected chi connectivity index (χ3v) is 7.79. The molecule has 1 aromatic carbocycles. The monoisotopic (exact) mass is 551 g/mol. The third kappa shape index (κ3) is 6.25. The van der Waals surface area contributed by atoms with Crippen molar-refractivity contribution in [3.05, 3.63) is 28.9 Å². The Labute approximate surface area is 222 Å². The normalized spacial score (nSPS) is 22.2. The molecule has 0 radical (unpaired) electrons. The number of hydrogen-bond acceptors (Lipinski definition) is 9. The van der Waals surface area contributed by atoms with E-state index in [2.05, 4.69) is 25.3 Å². The first-order valence-corrected chi connectivity index (χ1v) is 14.7. The number of carbonyl (C=O) groups is 1. The molecule has 202 valence electrons. The molecular formula is C24H34ClN7O4S. The predicted molar refractivity (Wildman–Crippen MR) is 145 cm³/mol. The molecule has 11 nitrogen and oxygen atoms in total. The van der Waals surface area contributed by atoms with Crippen LogP contribution in [0.4, 0.5) is 23.1 Å². The standard InChI is InChI=1S/C24H34ClN7O4S/c1-4-32-20-12-11-19(21(36-2)14(20)9-10-16(26)23(32)33)29-24-27-13-15(25)22(30-24)28-17-7-5-6-8-18(17)31-37(3,34)35/h11-13,16-18,31H,4-10,26H2,1-3H3,(H2,27,28,29,30)/t16?,17-,18-/m1/s1. The number of ether oxygens (including phenoxy) is 1. The highest BCUT2D eigenvalue weighted by molar-refractivity contribution is 7.88. The topological polar surface area (TPSA) is 152 Å². The molecule has 2 heterocycles. The number of benzene rings is 1. The van der Waals surface area contributed by atoms with Gasteiger partial charge in [-0.15, -0.1) is 0 Å². The summed E-state index contributed by atoms with van der Waals surface area (Å²) in [6, 6.07) is 2.71. The van der Waals surface area contributed by atoms with Crippen molar-refractivity contribution < 1.29 is 17.9 Å². The van der Waals surface area contributed by atoms with Crippen molar-refractivity contribution in [3.8, 4) is 5.75 Å². The number of aromatic nitrogens is 2. The molecule has 0 spiro atoms. The number of sulfonamides is 1. The van der Waals surface area contributed by atoms with Crippen LogP contribution in [0.3, 0.4) is 0 Å². The van der Waals surface area contributed by atoms with Gasteiger partial charge in [-0.3, -0.25) is 4.79 Å². The number of rotatable bonds is 8. The first-order chi connectivity index (χ1) is 17.6. The van der Waals surface area contributed by atoms with Crippen LogP contribution in [0, 0.1) is 0 Å². The highest BCUT2D eigenvalue weighted by Crippen LogP contribution is 2.40. The molecule has 0 bridgehead atoms. The van der Waals surface area contributed by atoms with Crippen molar-refractivity contribution >= 4 is 50.7 Å². The summed E-state index contributed by atoms with van der Waals surface area (Å²) in [4.78, 5) is 23.3. The molecule has 37 heavy (non-hydrogen) atoms. The predicted octanol–water partition coefficient (Wildman–Crippen LogP) is 2.78. The van der Waals surface area contributed by atoms with Gasteiger partial charge in [0.25, 0.3) is 0 Å². The van der Waals surface area contributed by atoms with E-state index in [0.29, 0.717) is 47.6 Å². The number of amides is 1. The summed E-state index contributed by atoms with van der Waals surface area (Å²) >= 11 is 6.40. The van der Waals surface area contributed by atoms with Gasteiger partial charge < -0.3 is 26.0 Å². The molecule has 4 rings (SSSR count). The molecular weight excluding hydrogens is 518 g/mol. The summed E-state index contributed by atoms with van der Waals surface area (Å²) in [6.45, 7) is 2.41. The highest BCUT2D eigenvalue weighted by atomic mass is 35.5. The van der Waals surface area contributed by atoms with Crippen LogP contribution in [0.25, 0.3) is 0 Å². The zero-order chi connectivity index (χ0) is 26.7. The molecule has 5 N–H and O–H groups in total. The second-order valence-electron chi connectivity index (χ2n) is 9.42. The van der Waals surface area contributed by atoms with Gasteiger partial charge in [-0.05, 0) is 44.7 Å². The zero-order valence-corrected chi connectivity index (χ0v) is 22.8. The van der Waals surface area contributed by atoms with Crippen LogP contribution in [-0.2, 0) is 21.2 Å². The second-order valence-corrected chi connectivity index (χ2v) is 11.6. The minimum atomic E-state index is -3.35. The lowest BCUT2D eigenvalue weighted by atomic mass is 9.91. The van der Waals surface area contributed by atoms with Gasteiger partial charge in [0.05, 0.1) is 37.0 Å². The van der Waals surface area contributed by atoms with Gasteiger partial charge in [0.2, 0.25) is 21.9 Å². The zero-order valence-electron chi connectivity index (χ0n) is 21.3. The van der Waals surface area contributed by atoms with Gasteiger partial charge in [0.15, 0.2) is 5.82 Å². The molecule has 2 aromatic rings. The van der Waals surface area contributed by atoms with Crippen LogP contribution in [-0.4, -0.2) is 62.3 Å². The van der Waals surface area contributed by atoms with E-state index in [1.54, 1.807) is 12.0 Å². The van der Waals surface area contributed by atoms with Crippen molar-refractivity contribution in [1.82, 2.24) is 14.7 Å². The van der Waals surface area contributed by atoms with E-state index in [1.807, 2.05) is 19.1 Å². The van der Waals surface area contributed by atoms with E-state index in [1.165, 1.54) is 6.20 Å². The molecule has 1 aliphatic heterocycles. The van der Waals surface area contributed by atoms with Crippen LogP contribution in [0.2, 0.25) is 5.02 Å². The average molecular weight is 552 g/mol. The van der Waals surface area contributed by atoms with Gasteiger partial charge in [0, 0.05) is 24.2 Å². The van der Waals surface area contributed by atoms with E-state index < -0.39 is 16.1 Å². The van der Waals surface area contributed by atoms with E-state index in [9.17, 15) is 13.2 Å². The number of methoxy groups -OCH3 is 1. The van der Waals surface area contributed by atoms with E-state index in [0.717, 1.165) is 43.2 Å². The minimum Gasteiger partial charge on any atom is -0.494 e. The maximum absolute atomic E-state index is 12.7. The minimum absolute atomic E-state index is 0.104. The molecule has 13 heteroatoms. The molecule has 1 saturated carbocycles. The van der Waals surface area contributed by atoms with Gasteiger partial charge in [-0.25, -0.2) is 18.1 Å². The van der Waals surface area contributed by atoms with Crippen LogP contribution in [0.5, 0.6) is 5.75 Å². The Kier molecular flexibility index (Phi) is 8.42. The van der Waals surface area contributed by atoms with Crippen molar-refractivity contribution in [2.24, 2.45) is 5.73 Å². The van der Waals surface area contributed by atoms with E-state index >= 15 is 0 Å². The lowest BCUT2D eigenvalue weighted by molar-refractivity contribution is -0.119. The quantitative estimate of drug-likeness (QED) is 0.388. The van der Waals surface area contributed by atoms with E-state index in [4.69, 9.17) is 22.1 Å². The Hall–Kier alpha value is -2.67. The van der Waals surface area contributed by atoms with Crippen molar-refractivity contribution in [3.63, 3.8) is 0 Å². The molecule has 1 amide bonds. The summed E-state index contributed by atoms with van der Waals surface area (Å²) in [7, 11) is -1.77. The molecule has 0 saturated heterocycles. The van der Waals surface area contributed by atoms with Crippen molar-refractivity contribution in [1.29, 1.82) is 0 Å². The fourth-order valence-electron chi connectivity index (χ4n) is 5.06. The lowest BCUT2D eigenvalue weighted by Crippen LogP contribution is -2.48. The van der Waals surface area contributed by atoms with Crippen molar-refractivity contribution in [2.75, 3.05) is 35.4 Å². The summed E-state index contributed by atoms with van der Waals surface area (Å²) < 4.78 is 32.2. The fourth-order valence-corrected chi connectivity index (χ4v) is 6.03. The number of fused-ring (bicyclic) bond motifs is 1. The van der Waals surface area contributed by atoms with Crippen LogP contribution >= 0.6 is 11.6 Å². The van der Waals surface area contributed by atoms with Gasteiger partial charge >= 0.3 is 0 Å². The number of carbonyl (C=O) groups excluding carboxylic acids is 1. The largest absolute Gasteiger partial charge is 0.494 e. The Bertz CT molecular complexity index is 1260. The van der Waals surface area contributed by atoms with Crippen LogP contribution in [0.15, 0.2) is 18.3 Å². The van der Waals surface area contributed by atoms with Crippen LogP contribution < -0.4 is 30.7 Å². The third-order valence-electron chi connectivity index (χ3n) is 6.78. The maximum Gasteiger partial charge on any atom is 0.243 e. The van der Waals surface area contributed by atoms with Crippen molar-refractivity contribution in [2.45, 2.75) is 63.6 Å². The Morgan fingerprint density at radius 3 is 2.62 bits per heavy atom. The molecule has 3 atom stereocenters. The fraction of sp³-hybridized carbons (Fsp3) is 0.542. The number of nitrogens with one attached hydrogen (secondary N) is 3. The number of halogens is 1. The summed E-state index contributed by atoms with van der Waals surface area (Å²) in [5.41, 5.74) is 8.41. The second kappa shape index (κ2) is 11.4. The lowest BCUT2D eigenvalue weighted by Gasteiger charge is -2.32.